The van der Waals surface area contributed by atoms with E-state index in [0.717, 1.165) is 11.1 Å². The third-order valence-corrected chi connectivity index (χ3v) is 6.81. The van der Waals surface area contributed by atoms with Crippen molar-refractivity contribution in [2.45, 2.75) is 44.7 Å². The lowest BCUT2D eigenvalue weighted by atomic mass is 10.1. The molecule has 0 N–H and O–H groups in total. The number of thiophene rings is 1. The number of aryl methyl sites for hydroxylation is 1. The SMILES string of the molecule is Cc1cscc1-c1cc(CN(C)C(=O)OC(C)(C)C)cn1S(=O)(=O)c1cccnc1. The van der Waals surface area contributed by atoms with Crippen molar-refractivity contribution in [3.05, 3.63) is 58.7 Å². The molecule has 3 heterocycles. The van der Waals surface area contributed by atoms with Gasteiger partial charge in [-0.2, -0.15) is 11.3 Å². The molecule has 0 fully saturated rings. The number of hydrogen-bond donors (Lipinski definition) is 0. The molecule has 3 aromatic heterocycles. The Hall–Kier alpha value is -2.65. The maximum absolute atomic E-state index is 13.3. The standard InChI is InChI=1S/C21H25N3O4S2/c1-15-13-29-14-18(15)19-9-16(11-23(5)20(25)28-21(2,3)4)12-24(19)30(26,27)17-7-6-8-22-10-17/h6-10,12-14H,11H2,1-5H3. The second-order valence-electron chi connectivity index (χ2n) is 8.03. The summed E-state index contributed by atoms with van der Waals surface area (Å²) in [4.78, 5) is 17.8. The van der Waals surface area contributed by atoms with Crippen LogP contribution in [0.3, 0.4) is 0 Å². The summed E-state index contributed by atoms with van der Waals surface area (Å²) >= 11 is 1.51. The van der Waals surface area contributed by atoms with Crippen molar-refractivity contribution in [3.8, 4) is 11.3 Å². The van der Waals surface area contributed by atoms with Crippen molar-refractivity contribution in [2.24, 2.45) is 0 Å². The number of pyridine rings is 1. The Balaban J connectivity index is 2.02. The van der Waals surface area contributed by atoms with Gasteiger partial charge in [-0.15, -0.1) is 0 Å². The molecule has 0 radical (unpaired) electrons. The van der Waals surface area contributed by atoms with Crippen LogP contribution in [0.5, 0.6) is 0 Å². The van der Waals surface area contributed by atoms with Crippen LogP contribution in [0.4, 0.5) is 4.79 Å². The zero-order valence-corrected chi connectivity index (χ0v) is 19.3. The molecular formula is C21H25N3O4S2. The highest BCUT2D eigenvalue weighted by Gasteiger charge is 2.25. The number of aromatic nitrogens is 2. The fourth-order valence-corrected chi connectivity index (χ4v) is 5.09. The lowest BCUT2D eigenvalue weighted by Crippen LogP contribution is -2.33. The molecule has 0 atom stereocenters. The second-order valence-corrected chi connectivity index (χ2v) is 10.6. The van der Waals surface area contributed by atoms with Crippen molar-refractivity contribution in [1.82, 2.24) is 13.9 Å². The van der Waals surface area contributed by atoms with E-state index in [4.69, 9.17) is 4.74 Å². The van der Waals surface area contributed by atoms with E-state index in [1.54, 1.807) is 46.1 Å². The number of hydrogen-bond acceptors (Lipinski definition) is 6. The lowest BCUT2D eigenvalue weighted by molar-refractivity contribution is 0.0285. The molecule has 0 spiro atoms. The lowest BCUT2D eigenvalue weighted by Gasteiger charge is -2.24. The topological polar surface area (TPSA) is 81.5 Å². The summed E-state index contributed by atoms with van der Waals surface area (Å²) in [5.41, 5.74) is 2.42. The zero-order chi connectivity index (χ0) is 22.1. The molecule has 1 amide bonds. The molecule has 9 heteroatoms. The Labute approximate surface area is 181 Å². The highest BCUT2D eigenvalue weighted by Crippen LogP contribution is 2.32. The van der Waals surface area contributed by atoms with Gasteiger partial charge in [-0.3, -0.25) is 4.98 Å². The van der Waals surface area contributed by atoms with Crippen LogP contribution in [0, 0.1) is 6.92 Å². The third-order valence-electron chi connectivity index (χ3n) is 4.29. The van der Waals surface area contributed by atoms with E-state index < -0.39 is 21.7 Å². The highest BCUT2D eigenvalue weighted by atomic mass is 32.2. The third kappa shape index (κ3) is 4.73. The quantitative estimate of drug-likeness (QED) is 0.574. The molecule has 0 aliphatic carbocycles. The molecule has 30 heavy (non-hydrogen) atoms. The number of ether oxygens (including phenoxy) is 1. The Morgan fingerprint density at radius 3 is 2.60 bits per heavy atom. The minimum atomic E-state index is -3.85. The minimum Gasteiger partial charge on any atom is -0.444 e. The molecule has 0 aliphatic heterocycles. The van der Waals surface area contributed by atoms with E-state index in [1.165, 1.54) is 38.7 Å². The first-order valence-electron chi connectivity index (χ1n) is 9.33. The first-order valence-corrected chi connectivity index (χ1v) is 11.7. The molecule has 0 aliphatic rings. The Bertz CT molecular complexity index is 1140. The average molecular weight is 448 g/mol. The average Bonchev–Trinajstić information content (AvgIpc) is 3.27. The number of amides is 1. The molecule has 3 rings (SSSR count). The number of carbonyl (C=O) groups is 1. The van der Waals surface area contributed by atoms with Crippen LogP contribution in [0.15, 0.2) is 52.4 Å². The van der Waals surface area contributed by atoms with Gasteiger partial charge < -0.3 is 9.64 Å². The summed E-state index contributed by atoms with van der Waals surface area (Å²) in [6.07, 6.45) is 3.93. The molecule has 7 nitrogen and oxygen atoms in total. The van der Waals surface area contributed by atoms with Crippen LogP contribution in [-0.2, 0) is 21.3 Å². The van der Waals surface area contributed by atoms with Crippen molar-refractivity contribution < 1.29 is 17.9 Å². The van der Waals surface area contributed by atoms with Gasteiger partial charge in [-0.25, -0.2) is 17.2 Å². The molecule has 160 valence electrons. The van der Waals surface area contributed by atoms with Crippen LogP contribution < -0.4 is 0 Å². The van der Waals surface area contributed by atoms with Gasteiger partial charge in [-0.1, -0.05) is 0 Å². The normalized spacial score (nSPS) is 12.0. The summed E-state index contributed by atoms with van der Waals surface area (Å²) in [5, 5.41) is 3.89. The molecular weight excluding hydrogens is 422 g/mol. The molecule has 0 saturated heterocycles. The van der Waals surface area contributed by atoms with Crippen molar-refractivity contribution >= 4 is 27.5 Å². The van der Waals surface area contributed by atoms with Crippen LogP contribution >= 0.6 is 11.3 Å². The minimum absolute atomic E-state index is 0.0989. The summed E-state index contributed by atoms with van der Waals surface area (Å²) in [7, 11) is -2.23. The smallest absolute Gasteiger partial charge is 0.410 e. The van der Waals surface area contributed by atoms with Gasteiger partial charge >= 0.3 is 6.09 Å². The van der Waals surface area contributed by atoms with Crippen LogP contribution in [0.2, 0.25) is 0 Å². The maximum Gasteiger partial charge on any atom is 0.410 e. The van der Waals surface area contributed by atoms with Gasteiger partial charge in [-0.05, 0) is 62.4 Å². The molecule has 0 saturated carbocycles. The predicted molar refractivity (Wildman–Crippen MR) is 117 cm³/mol. The van der Waals surface area contributed by atoms with Gasteiger partial charge in [0, 0.05) is 36.6 Å². The maximum atomic E-state index is 13.3. The molecule has 0 unspecified atom stereocenters. The molecule has 0 bridgehead atoms. The van der Waals surface area contributed by atoms with E-state index in [-0.39, 0.29) is 11.4 Å². The summed E-state index contributed by atoms with van der Waals surface area (Å²) < 4.78 is 33.3. The molecule has 3 aromatic rings. The summed E-state index contributed by atoms with van der Waals surface area (Å²) in [6.45, 7) is 7.54. The van der Waals surface area contributed by atoms with Gasteiger partial charge in [0.15, 0.2) is 0 Å². The largest absolute Gasteiger partial charge is 0.444 e. The Morgan fingerprint density at radius 2 is 2.03 bits per heavy atom. The van der Waals surface area contributed by atoms with E-state index in [9.17, 15) is 13.2 Å². The van der Waals surface area contributed by atoms with E-state index in [2.05, 4.69) is 4.98 Å². The number of rotatable bonds is 5. The highest BCUT2D eigenvalue weighted by molar-refractivity contribution is 7.90. The molecule has 0 aromatic carbocycles. The van der Waals surface area contributed by atoms with E-state index >= 15 is 0 Å². The second kappa shape index (κ2) is 8.23. The fraction of sp³-hybridized carbons (Fsp3) is 0.333. The van der Waals surface area contributed by atoms with Crippen LogP contribution in [-0.4, -0.2) is 41.0 Å². The predicted octanol–water partition coefficient (Wildman–Crippen LogP) is 4.52. The summed E-state index contributed by atoms with van der Waals surface area (Å²) in [5.74, 6) is 0. The van der Waals surface area contributed by atoms with Crippen LogP contribution in [0.1, 0.15) is 31.9 Å². The van der Waals surface area contributed by atoms with Gasteiger partial charge in [0.1, 0.15) is 10.5 Å². The van der Waals surface area contributed by atoms with E-state index in [0.29, 0.717) is 11.3 Å². The zero-order valence-electron chi connectivity index (χ0n) is 17.6. The summed E-state index contributed by atoms with van der Waals surface area (Å²) in [6, 6.07) is 4.89. The van der Waals surface area contributed by atoms with Crippen molar-refractivity contribution in [1.29, 1.82) is 0 Å². The van der Waals surface area contributed by atoms with Gasteiger partial charge in [0.05, 0.1) is 12.2 Å². The number of carbonyl (C=O) groups excluding carboxylic acids is 1. The Morgan fingerprint density at radius 1 is 1.30 bits per heavy atom. The van der Waals surface area contributed by atoms with Gasteiger partial charge in [0.25, 0.3) is 10.0 Å². The van der Waals surface area contributed by atoms with Gasteiger partial charge in [0.2, 0.25) is 0 Å². The first kappa shape index (κ1) is 22.0. The monoisotopic (exact) mass is 447 g/mol. The van der Waals surface area contributed by atoms with Crippen LogP contribution in [0.25, 0.3) is 11.3 Å². The first-order chi connectivity index (χ1) is 14.0. The van der Waals surface area contributed by atoms with E-state index in [1.807, 2.05) is 17.7 Å². The van der Waals surface area contributed by atoms with Crippen molar-refractivity contribution in [2.75, 3.05) is 7.05 Å². The van der Waals surface area contributed by atoms with Crippen molar-refractivity contribution in [3.63, 3.8) is 0 Å². The Kier molecular flexibility index (Phi) is 6.05. The fourth-order valence-electron chi connectivity index (χ4n) is 2.89. The number of nitrogens with zero attached hydrogens (tertiary/aromatic N) is 3.